The second-order valence-electron chi connectivity index (χ2n) is 4.37. The van der Waals surface area contributed by atoms with Gasteiger partial charge in [-0.1, -0.05) is 29.8 Å². The quantitative estimate of drug-likeness (QED) is 0.640. The molecule has 1 aromatic rings. The Kier molecular flexibility index (Phi) is 2.03. The van der Waals surface area contributed by atoms with Gasteiger partial charge < -0.3 is 4.90 Å². The van der Waals surface area contributed by atoms with Crippen LogP contribution in [-0.4, -0.2) is 30.7 Å². The van der Waals surface area contributed by atoms with Gasteiger partial charge in [0.1, 0.15) is 6.17 Å². The highest BCUT2D eigenvalue weighted by atomic mass is 15.4. The van der Waals surface area contributed by atoms with E-state index in [-0.39, 0.29) is 0 Å². The van der Waals surface area contributed by atoms with Gasteiger partial charge in [-0.2, -0.15) is 0 Å². The largest absolute Gasteiger partial charge is 0.351 e. The smallest absolute Gasteiger partial charge is 0.102 e. The Hall–Kier alpha value is -1.28. The minimum absolute atomic E-state index is 0.507. The summed E-state index contributed by atoms with van der Waals surface area (Å²) in [5.74, 6) is 0. The van der Waals surface area contributed by atoms with Crippen LogP contribution < -0.4 is 4.90 Å². The first-order valence-electron chi connectivity index (χ1n) is 5.58. The lowest BCUT2D eigenvalue weighted by atomic mass is 10.2. The Labute approximate surface area is 90.8 Å². The van der Waals surface area contributed by atoms with E-state index in [4.69, 9.17) is 0 Å². The Balaban J connectivity index is 1.88. The highest BCUT2D eigenvalue weighted by molar-refractivity contribution is 5.51. The molecule has 0 N–H and O–H groups in total. The minimum atomic E-state index is 0.507. The van der Waals surface area contributed by atoms with Crippen LogP contribution in [0.5, 0.6) is 0 Å². The molecule has 1 fully saturated rings. The third kappa shape index (κ3) is 1.45. The number of rotatable bonds is 1. The summed E-state index contributed by atoms with van der Waals surface area (Å²) in [4.78, 5) is 4.97. The van der Waals surface area contributed by atoms with Crippen molar-refractivity contribution < 1.29 is 0 Å². The third-order valence-corrected chi connectivity index (χ3v) is 3.34. The lowest BCUT2D eigenvalue weighted by molar-refractivity contribution is 0.345. The first kappa shape index (κ1) is 8.98. The maximum absolute atomic E-state index is 2.50. The molecule has 1 aromatic carbocycles. The molecule has 2 aliphatic heterocycles. The summed E-state index contributed by atoms with van der Waals surface area (Å²) < 4.78 is 0. The highest BCUT2D eigenvalue weighted by Gasteiger charge is 2.31. The SMILES string of the molecule is Cc1ccc(N2CCN3CC=C[C@H]32)cc1. The standard InChI is InChI=1S/C13H16N2/c1-11-4-6-12(7-5-11)15-10-9-14-8-2-3-13(14)15/h2-7,13H,8-10H2,1H3/t13-/m1/s1. The molecule has 0 bridgehead atoms. The molecule has 2 aliphatic rings. The lowest BCUT2D eigenvalue weighted by Gasteiger charge is -2.25. The van der Waals surface area contributed by atoms with E-state index in [2.05, 4.69) is 53.1 Å². The molecule has 0 saturated carbocycles. The summed E-state index contributed by atoms with van der Waals surface area (Å²) in [5, 5.41) is 0. The maximum Gasteiger partial charge on any atom is 0.102 e. The van der Waals surface area contributed by atoms with Crippen molar-refractivity contribution in [2.24, 2.45) is 0 Å². The fraction of sp³-hybridized carbons (Fsp3) is 0.385. The average molecular weight is 200 g/mol. The molecule has 3 rings (SSSR count). The molecule has 0 radical (unpaired) electrons. The highest BCUT2D eigenvalue weighted by Crippen LogP contribution is 2.26. The van der Waals surface area contributed by atoms with E-state index in [1.54, 1.807) is 0 Å². The third-order valence-electron chi connectivity index (χ3n) is 3.34. The van der Waals surface area contributed by atoms with Crippen molar-refractivity contribution in [3.05, 3.63) is 42.0 Å². The van der Waals surface area contributed by atoms with Gasteiger partial charge in [-0.25, -0.2) is 0 Å². The van der Waals surface area contributed by atoms with Crippen LogP contribution in [0.15, 0.2) is 36.4 Å². The van der Waals surface area contributed by atoms with Gasteiger partial charge in [0.05, 0.1) is 0 Å². The number of benzene rings is 1. The molecule has 0 unspecified atom stereocenters. The zero-order chi connectivity index (χ0) is 10.3. The molecular weight excluding hydrogens is 184 g/mol. The van der Waals surface area contributed by atoms with Gasteiger partial charge in [0.15, 0.2) is 0 Å². The van der Waals surface area contributed by atoms with Crippen molar-refractivity contribution in [1.29, 1.82) is 0 Å². The van der Waals surface area contributed by atoms with Crippen molar-refractivity contribution in [3.63, 3.8) is 0 Å². The van der Waals surface area contributed by atoms with Crippen molar-refractivity contribution in [1.82, 2.24) is 4.90 Å². The molecular formula is C13H16N2. The van der Waals surface area contributed by atoms with Crippen LogP contribution in [0, 0.1) is 6.92 Å². The zero-order valence-corrected chi connectivity index (χ0v) is 9.06. The van der Waals surface area contributed by atoms with Crippen LogP contribution >= 0.6 is 0 Å². The lowest BCUT2D eigenvalue weighted by Crippen LogP contribution is -2.33. The first-order valence-corrected chi connectivity index (χ1v) is 5.58. The van der Waals surface area contributed by atoms with E-state index in [9.17, 15) is 0 Å². The molecule has 2 heterocycles. The van der Waals surface area contributed by atoms with Gasteiger partial charge >= 0.3 is 0 Å². The van der Waals surface area contributed by atoms with E-state index in [0.29, 0.717) is 6.17 Å². The molecule has 0 aliphatic carbocycles. The van der Waals surface area contributed by atoms with Crippen LogP contribution in [-0.2, 0) is 0 Å². The molecule has 0 spiro atoms. The van der Waals surface area contributed by atoms with Gasteiger partial charge in [0.25, 0.3) is 0 Å². The molecule has 0 amide bonds. The summed E-state index contributed by atoms with van der Waals surface area (Å²) >= 11 is 0. The normalized spacial score (nSPS) is 24.9. The van der Waals surface area contributed by atoms with Crippen LogP contribution in [0.2, 0.25) is 0 Å². The summed E-state index contributed by atoms with van der Waals surface area (Å²) in [6.07, 6.45) is 5.09. The van der Waals surface area contributed by atoms with Crippen molar-refractivity contribution >= 4 is 5.69 Å². The Bertz CT molecular complexity index is 380. The van der Waals surface area contributed by atoms with Crippen LogP contribution in [0.3, 0.4) is 0 Å². The van der Waals surface area contributed by atoms with Gasteiger partial charge in [-0.15, -0.1) is 0 Å². The van der Waals surface area contributed by atoms with E-state index < -0.39 is 0 Å². The average Bonchev–Trinajstić information content (AvgIpc) is 2.80. The summed E-state index contributed by atoms with van der Waals surface area (Å²) in [5.41, 5.74) is 2.68. The fourth-order valence-electron chi connectivity index (χ4n) is 2.46. The van der Waals surface area contributed by atoms with E-state index in [0.717, 1.165) is 13.1 Å². The molecule has 15 heavy (non-hydrogen) atoms. The van der Waals surface area contributed by atoms with E-state index in [1.165, 1.54) is 17.8 Å². The number of nitrogens with zero attached hydrogens (tertiary/aromatic N) is 2. The number of hydrogen-bond donors (Lipinski definition) is 0. The van der Waals surface area contributed by atoms with Gasteiger partial charge in [0, 0.05) is 25.3 Å². The number of hydrogen-bond acceptors (Lipinski definition) is 2. The van der Waals surface area contributed by atoms with Gasteiger partial charge in [0.2, 0.25) is 0 Å². The second-order valence-corrected chi connectivity index (χ2v) is 4.37. The number of aryl methyl sites for hydroxylation is 1. The number of anilines is 1. The molecule has 2 nitrogen and oxygen atoms in total. The van der Waals surface area contributed by atoms with Gasteiger partial charge in [-0.05, 0) is 19.1 Å². The van der Waals surface area contributed by atoms with E-state index in [1.807, 2.05) is 0 Å². The molecule has 2 heteroatoms. The monoisotopic (exact) mass is 200 g/mol. The second kappa shape index (κ2) is 3.38. The molecule has 0 aromatic heterocycles. The Morgan fingerprint density at radius 1 is 1.13 bits per heavy atom. The maximum atomic E-state index is 2.50. The molecule has 1 atom stereocenters. The predicted octanol–water partition coefficient (Wildman–Crippen LogP) is 2.01. The summed E-state index contributed by atoms with van der Waals surface area (Å²) in [6, 6.07) is 8.84. The number of fused-ring (bicyclic) bond motifs is 1. The Morgan fingerprint density at radius 3 is 2.73 bits per heavy atom. The summed E-state index contributed by atoms with van der Waals surface area (Å²) in [7, 11) is 0. The molecule has 1 saturated heterocycles. The first-order chi connectivity index (χ1) is 7.34. The van der Waals surface area contributed by atoms with Crippen LogP contribution in [0.1, 0.15) is 5.56 Å². The topological polar surface area (TPSA) is 6.48 Å². The van der Waals surface area contributed by atoms with E-state index >= 15 is 0 Å². The molecule has 78 valence electrons. The zero-order valence-electron chi connectivity index (χ0n) is 9.06. The van der Waals surface area contributed by atoms with Crippen LogP contribution in [0.4, 0.5) is 5.69 Å². The Morgan fingerprint density at radius 2 is 1.93 bits per heavy atom. The van der Waals surface area contributed by atoms with Crippen molar-refractivity contribution in [3.8, 4) is 0 Å². The van der Waals surface area contributed by atoms with Gasteiger partial charge in [-0.3, -0.25) is 4.90 Å². The van der Waals surface area contributed by atoms with Crippen LogP contribution in [0.25, 0.3) is 0 Å². The van der Waals surface area contributed by atoms with Crippen molar-refractivity contribution in [2.75, 3.05) is 24.5 Å². The fourth-order valence-corrected chi connectivity index (χ4v) is 2.46. The van der Waals surface area contributed by atoms with Crippen molar-refractivity contribution in [2.45, 2.75) is 13.1 Å². The predicted molar refractivity (Wildman–Crippen MR) is 63.0 cm³/mol. The minimum Gasteiger partial charge on any atom is -0.351 e. The summed E-state index contributed by atoms with van der Waals surface area (Å²) in [6.45, 7) is 5.59.